The molecule has 0 bridgehead atoms. The van der Waals surface area contributed by atoms with Crippen molar-refractivity contribution >= 4 is 23.4 Å². The molecule has 2 N–H and O–H groups in total. The zero-order valence-corrected chi connectivity index (χ0v) is 13.2. The van der Waals surface area contributed by atoms with Gasteiger partial charge in [0.05, 0.1) is 18.1 Å². The first kappa shape index (κ1) is 16.3. The van der Waals surface area contributed by atoms with E-state index in [-0.39, 0.29) is 23.8 Å². The predicted octanol–water partition coefficient (Wildman–Crippen LogP) is 1.96. The van der Waals surface area contributed by atoms with Gasteiger partial charge in [-0.15, -0.1) is 0 Å². The quantitative estimate of drug-likeness (QED) is 0.628. The van der Waals surface area contributed by atoms with Crippen LogP contribution < -0.4 is 10.9 Å². The van der Waals surface area contributed by atoms with Crippen LogP contribution in [0.25, 0.3) is 0 Å². The summed E-state index contributed by atoms with van der Waals surface area (Å²) in [5, 5.41) is 3.19. The van der Waals surface area contributed by atoms with Crippen molar-refractivity contribution in [2.75, 3.05) is 18.2 Å². The fourth-order valence-electron chi connectivity index (χ4n) is 1.74. The van der Waals surface area contributed by atoms with E-state index in [9.17, 15) is 9.59 Å². The van der Waals surface area contributed by atoms with E-state index < -0.39 is 0 Å². The van der Waals surface area contributed by atoms with Crippen LogP contribution in [0, 0.1) is 6.92 Å². The third kappa shape index (κ3) is 5.01. The Kier molecular flexibility index (Phi) is 5.74. The number of aromatic amines is 1. The number of thioether (sulfide) groups is 1. The molecule has 7 heteroatoms. The van der Waals surface area contributed by atoms with E-state index in [0.29, 0.717) is 10.9 Å². The highest BCUT2D eigenvalue weighted by atomic mass is 32.2. The Labute approximate surface area is 132 Å². The molecule has 1 amide bonds. The van der Waals surface area contributed by atoms with Crippen molar-refractivity contribution in [2.24, 2.45) is 0 Å². The zero-order valence-electron chi connectivity index (χ0n) is 12.4. The number of hydrogen-bond acceptors (Lipinski definition) is 5. The Morgan fingerprint density at radius 2 is 2.09 bits per heavy atom. The first-order chi connectivity index (χ1) is 10.6. The van der Waals surface area contributed by atoms with E-state index in [1.807, 2.05) is 31.2 Å². The third-order valence-corrected chi connectivity index (χ3v) is 3.61. The second-order valence-corrected chi connectivity index (χ2v) is 5.64. The Bertz CT molecular complexity index is 698. The number of H-pyrrole nitrogens is 1. The Morgan fingerprint density at radius 1 is 1.36 bits per heavy atom. The van der Waals surface area contributed by atoms with Gasteiger partial charge in [-0.05, 0) is 19.1 Å². The summed E-state index contributed by atoms with van der Waals surface area (Å²) in [5.41, 5.74) is 2.14. The molecule has 22 heavy (non-hydrogen) atoms. The fraction of sp³-hybridized carbons (Fsp3) is 0.267. The number of carbonyl (C=O) groups is 1. The smallest absolute Gasteiger partial charge is 0.251 e. The summed E-state index contributed by atoms with van der Waals surface area (Å²) < 4.78 is 4.95. The molecule has 0 unspecified atom stereocenters. The average Bonchev–Trinajstić information content (AvgIpc) is 2.47. The lowest BCUT2D eigenvalue weighted by atomic mass is 10.2. The van der Waals surface area contributed by atoms with Crippen LogP contribution in [0.3, 0.4) is 0 Å². The Hall–Kier alpha value is -2.12. The SMILES string of the molecule is COCc1cc(=O)[nH]c(SCC(=O)Nc2ccc(C)cc2)n1. The fourth-order valence-corrected chi connectivity index (χ4v) is 2.44. The van der Waals surface area contributed by atoms with Gasteiger partial charge in [-0.3, -0.25) is 9.59 Å². The lowest BCUT2D eigenvalue weighted by molar-refractivity contribution is -0.113. The largest absolute Gasteiger partial charge is 0.378 e. The molecule has 0 aliphatic rings. The first-order valence-corrected chi connectivity index (χ1v) is 7.64. The van der Waals surface area contributed by atoms with Gasteiger partial charge in [0.25, 0.3) is 5.56 Å². The van der Waals surface area contributed by atoms with Crippen molar-refractivity contribution in [1.29, 1.82) is 0 Å². The first-order valence-electron chi connectivity index (χ1n) is 6.65. The van der Waals surface area contributed by atoms with E-state index >= 15 is 0 Å². The highest BCUT2D eigenvalue weighted by molar-refractivity contribution is 7.99. The molecule has 0 aliphatic heterocycles. The maximum atomic E-state index is 11.9. The van der Waals surface area contributed by atoms with Gasteiger partial charge in [0.15, 0.2) is 5.16 Å². The van der Waals surface area contributed by atoms with Gasteiger partial charge < -0.3 is 15.0 Å². The summed E-state index contributed by atoms with van der Waals surface area (Å²) >= 11 is 1.17. The molecule has 0 aliphatic carbocycles. The normalized spacial score (nSPS) is 10.5. The molecule has 0 radical (unpaired) electrons. The standard InChI is InChI=1S/C15H17N3O3S/c1-10-3-5-11(6-4-10)16-14(20)9-22-15-17-12(8-21-2)7-13(19)18-15/h3-7H,8-9H2,1-2H3,(H,16,20)(H,17,18,19). The van der Waals surface area contributed by atoms with Crippen LogP contribution in [0.5, 0.6) is 0 Å². The van der Waals surface area contributed by atoms with Crippen molar-refractivity contribution in [1.82, 2.24) is 9.97 Å². The van der Waals surface area contributed by atoms with Crippen molar-refractivity contribution < 1.29 is 9.53 Å². The Balaban J connectivity index is 1.93. The van der Waals surface area contributed by atoms with Crippen LogP contribution in [-0.2, 0) is 16.1 Å². The molecule has 1 heterocycles. The van der Waals surface area contributed by atoms with Gasteiger partial charge in [-0.2, -0.15) is 0 Å². The van der Waals surface area contributed by atoms with Crippen molar-refractivity contribution in [3.63, 3.8) is 0 Å². The monoisotopic (exact) mass is 319 g/mol. The molecule has 2 rings (SSSR count). The number of aromatic nitrogens is 2. The minimum absolute atomic E-state index is 0.159. The molecule has 0 saturated heterocycles. The summed E-state index contributed by atoms with van der Waals surface area (Å²) in [6.45, 7) is 2.24. The number of hydrogen-bond donors (Lipinski definition) is 2. The topological polar surface area (TPSA) is 84.1 Å². The Morgan fingerprint density at radius 3 is 2.77 bits per heavy atom. The number of anilines is 1. The minimum Gasteiger partial charge on any atom is -0.378 e. The van der Waals surface area contributed by atoms with Crippen LogP contribution in [0.15, 0.2) is 40.3 Å². The van der Waals surface area contributed by atoms with Crippen LogP contribution in [0.4, 0.5) is 5.69 Å². The van der Waals surface area contributed by atoms with E-state index in [1.54, 1.807) is 0 Å². The molecule has 0 fully saturated rings. The van der Waals surface area contributed by atoms with Crippen LogP contribution in [0.1, 0.15) is 11.3 Å². The van der Waals surface area contributed by atoms with E-state index in [0.717, 1.165) is 11.3 Å². The molecule has 0 spiro atoms. The summed E-state index contributed by atoms with van der Waals surface area (Å²) in [6.07, 6.45) is 0. The van der Waals surface area contributed by atoms with Gasteiger partial charge in [-0.25, -0.2) is 4.98 Å². The van der Waals surface area contributed by atoms with Crippen molar-refractivity contribution in [3.8, 4) is 0 Å². The van der Waals surface area contributed by atoms with Gasteiger partial charge in [0, 0.05) is 18.9 Å². The van der Waals surface area contributed by atoms with E-state index in [2.05, 4.69) is 15.3 Å². The van der Waals surface area contributed by atoms with Gasteiger partial charge in [0.2, 0.25) is 5.91 Å². The van der Waals surface area contributed by atoms with Crippen LogP contribution >= 0.6 is 11.8 Å². The van der Waals surface area contributed by atoms with Gasteiger partial charge in [0.1, 0.15) is 0 Å². The predicted molar refractivity (Wildman–Crippen MR) is 86.1 cm³/mol. The molecule has 1 aromatic heterocycles. The molecule has 116 valence electrons. The number of amides is 1. The summed E-state index contributed by atoms with van der Waals surface area (Å²) in [6, 6.07) is 8.92. The lowest BCUT2D eigenvalue weighted by Gasteiger charge is -2.06. The van der Waals surface area contributed by atoms with Crippen LogP contribution in [0.2, 0.25) is 0 Å². The number of methoxy groups -OCH3 is 1. The number of aryl methyl sites for hydroxylation is 1. The van der Waals surface area contributed by atoms with Gasteiger partial charge in [-0.1, -0.05) is 29.5 Å². The molecule has 6 nitrogen and oxygen atoms in total. The maximum absolute atomic E-state index is 11.9. The molecular formula is C15H17N3O3S. The number of nitrogens with one attached hydrogen (secondary N) is 2. The number of rotatable bonds is 6. The third-order valence-electron chi connectivity index (χ3n) is 2.74. The second kappa shape index (κ2) is 7.77. The highest BCUT2D eigenvalue weighted by Crippen LogP contribution is 2.13. The van der Waals surface area contributed by atoms with Crippen molar-refractivity contribution in [3.05, 3.63) is 51.9 Å². The summed E-state index contributed by atoms with van der Waals surface area (Å²) in [4.78, 5) is 30.2. The van der Waals surface area contributed by atoms with E-state index in [1.165, 1.54) is 24.9 Å². The minimum atomic E-state index is -0.261. The molecule has 0 atom stereocenters. The maximum Gasteiger partial charge on any atom is 0.251 e. The van der Waals surface area contributed by atoms with Crippen LogP contribution in [-0.4, -0.2) is 28.7 Å². The van der Waals surface area contributed by atoms with Gasteiger partial charge >= 0.3 is 0 Å². The number of benzene rings is 1. The summed E-state index contributed by atoms with van der Waals surface area (Å²) in [5.74, 6) is 0.00131. The lowest BCUT2D eigenvalue weighted by Crippen LogP contribution is -2.16. The van der Waals surface area contributed by atoms with Crippen molar-refractivity contribution in [2.45, 2.75) is 18.7 Å². The number of carbonyl (C=O) groups excluding carboxylic acids is 1. The molecule has 0 saturated carbocycles. The second-order valence-electron chi connectivity index (χ2n) is 4.68. The zero-order chi connectivity index (χ0) is 15.9. The number of ether oxygens (including phenoxy) is 1. The molecule has 2 aromatic rings. The highest BCUT2D eigenvalue weighted by Gasteiger charge is 2.07. The molecule has 1 aromatic carbocycles. The average molecular weight is 319 g/mol. The summed E-state index contributed by atoms with van der Waals surface area (Å²) in [7, 11) is 1.53. The number of nitrogens with zero attached hydrogens (tertiary/aromatic N) is 1. The van der Waals surface area contributed by atoms with E-state index in [4.69, 9.17) is 4.74 Å². The molecular weight excluding hydrogens is 302 g/mol.